The zero-order valence-electron chi connectivity index (χ0n) is 13.6. The lowest BCUT2D eigenvalue weighted by Crippen LogP contribution is -2.49. The third-order valence-corrected chi connectivity index (χ3v) is 6.26. The normalized spacial score (nSPS) is 16.3. The van der Waals surface area contributed by atoms with E-state index in [2.05, 4.69) is 4.98 Å². The van der Waals surface area contributed by atoms with E-state index in [4.69, 9.17) is 4.42 Å². The molecule has 0 radical (unpaired) electrons. The molecule has 0 atom stereocenters. The fourth-order valence-electron chi connectivity index (χ4n) is 2.97. The number of rotatable bonds is 3. The first-order valence-electron chi connectivity index (χ1n) is 8.01. The quantitative estimate of drug-likeness (QED) is 0.700. The number of fused-ring (bicyclic) bond motifs is 1. The summed E-state index contributed by atoms with van der Waals surface area (Å²) in [6.07, 6.45) is 0. The van der Waals surface area contributed by atoms with Crippen LogP contribution in [0.4, 0.5) is 14.8 Å². The second-order valence-electron chi connectivity index (χ2n) is 5.91. The van der Waals surface area contributed by atoms with E-state index in [1.54, 1.807) is 6.07 Å². The molecule has 1 aromatic heterocycles. The highest BCUT2D eigenvalue weighted by molar-refractivity contribution is 7.89. The molecule has 0 spiro atoms. The van der Waals surface area contributed by atoms with Gasteiger partial charge in [0.1, 0.15) is 17.2 Å². The van der Waals surface area contributed by atoms with Crippen molar-refractivity contribution in [1.82, 2.24) is 9.29 Å². The maximum absolute atomic E-state index is 13.9. The molecule has 0 saturated carbocycles. The van der Waals surface area contributed by atoms with Crippen LogP contribution in [0.2, 0.25) is 0 Å². The minimum Gasteiger partial charge on any atom is -0.423 e. The van der Waals surface area contributed by atoms with Crippen molar-refractivity contribution in [2.75, 3.05) is 31.1 Å². The van der Waals surface area contributed by atoms with Gasteiger partial charge in [0, 0.05) is 26.2 Å². The molecule has 1 aliphatic heterocycles. The number of hydrogen-bond acceptors (Lipinski definition) is 5. The maximum atomic E-state index is 13.9. The lowest BCUT2D eigenvalue weighted by Gasteiger charge is -2.33. The largest absolute Gasteiger partial charge is 0.423 e. The molecule has 0 amide bonds. The Kier molecular flexibility index (Phi) is 4.12. The van der Waals surface area contributed by atoms with Gasteiger partial charge >= 0.3 is 0 Å². The number of anilines is 1. The van der Waals surface area contributed by atoms with Crippen molar-refractivity contribution in [3.63, 3.8) is 0 Å². The van der Waals surface area contributed by atoms with Gasteiger partial charge in [-0.25, -0.2) is 17.2 Å². The predicted octanol–water partition coefficient (Wildman–Crippen LogP) is 2.62. The topological polar surface area (TPSA) is 66.7 Å². The summed E-state index contributed by atoms with van der Waals surface area (Å²) in [5, 5.41) is 0. The molecule has 4 rings (SSSR count). The molecular weight excluding hydrogens is 364 g/mol. The summed E-state index contributed by atoms with van der Waals surface area (Å²) < 4.78 is 59.7. The zero-order chi connectivity index (χ0) is 18.3. The van der Waals surface area contributed by atoms with Crippen LogP contribution in [-0.4, -0.2) is 43.9 Å². The Labute approximate surface area is 148 Å². The van der Waals surface area contributed by atoms with Crippen LogP contribution in [0.15, 0.2) is 51.8 Å². The molecule has 0 bridgehead atoms. The lowest BCUT2D eigenvalue weighted by molar-refractivity contribution is 0.368. The van der Waals surface area contributed by atoms with E-state index in [0.29, 0.717) is 30.2 Å². The second-order valence-corrected chi connectivity index (χ2v) is 7.78. The van der Waals surface area contributed by atoms with Gasteiger partial charge in [-0.3, -0.25) is 0 Å². The van der Waals surface area contributed by atoms with Crippen molar-refractivity contribution in [2.45, 2.75) is 4.90 Å². The Bertz CT molecular complexity index is 1010. The van der Waals surface area contributed by atoms with Gasteiger partial charge < -0.3 is 9.32 Å². The summed E-state index contributed by atoms with van der Waals surface area (Å²) in [4.78, 5) is 5.28. The van der Waals surface area contributed by atoms with E-state index in [9.17, 15) is 17.2 Å². The molecule has 9 heteroatoms. The Morgan fingerprint density at radius 3 is 2.23 bits per heavy atom. The van der Waals surface area contributed by atoms with Crippen LogP contribution in [0.25, 0.3) is 11.1 Å². The van der Waals surface area contributed by atoms with Crippen LogP contribution >= 0.6 is 0 Å². The highest BCUT2D eigenvalue weighted by atomic mass is 32.2. The molecule has 26 heavy (non-hydrogen) atoms. The summed E-state index contributed by atoms with van der Waals surface area (Å²) in [5.41, 5.74) is 1.36. The summed E-state index contributed by atoms with van der Waals surface area (Å²) in [5.74, 6) is -2.18. The average molecular weight is 379 g/mol. The van der Waals surface area contributed by atoms with Crippen molar-refractivity contribution < 1.29 is 21.6 Å². The summed E-state index contributed by atoms with van der Waals surface area (Å²) in [6, 6.07) is 10.7. The minimum absolute atomic E-state index is 0.0782. The van der Waals surface area contributed by atoms with Gasteiger partial charge in [-0.05, 0) is 24.3 Å². The van der Waals surface area contributed by atoms with Crippen LogP contribution in [0.3, 0.4) is 0 Å². The van der Waals surface area contributed by atoms with Crippen LogP contribution < -0.4 is 4.90 Å². The van der Waals surface area contributed by atoms with E-state index < -0.39 is 26.6 Å². The van der Waals surface area contributed by atoms with E-state index in [1.165, 1.54) is 0 Å². The molecule has 3 aromatic rings. The Balaban J connectivity index is 1.54. The van der Waals surface area contributed by atoms with Crippen molar-refractivity contribution in [2.24, 2.45) is 0 Å². The van der Waals surface area contributed by atoms with Crippen LogP contribution in [-0.2, 0) is 10.0 Å². The van der Waals surface area contributed by atoms with Gasteiger partial charge in [-0.15, -0.1) is 0 Å². The highest BCUT2D eigenvalue weighted by Gasteiger charge is 2.33. The minimum atomic E-state index is -4.25. The van der Waals surface area contributed by atoms with Gasteiger partial charge in [-0.2, -0.15) is 9.29 Å². The number of sulfonamides is 1. The van der Waals surface area contributed by atoms with Crippen LogP contribution in [0, 0.1) is 11.6 Å². The molecule has 0 aliphatic carbocycles. The number of para-hydroxylation sites is 2. The zero-order valence-corrected chi connectivity index (χ0v) is 14.4. The summed E-state index contributed by atoms with van der Waals surface area (Å²) >= 11 is 0. The number of piperazine rings is 1. The molecule has 0 N–H and O–H groups in total. The number of hydrogen-bond donors (Lipinski definition) is 0. The van der Waals surface area contributed by atoms with Gasteiger partial charge in [-0.1, -0.05) is 18.2 Å². The monoisotopic (exact) mass is 379 g/mol. The Hall–Kier alpha value is -2.52. The fourth-order valence-corrected chi connectivity index (χ4v) is 4.50. The van der Waals surface area contributed by atoms with Crippen LogP contribution in [0.5, 0.6) is 0 Å². The molecule has 6 nitrogen and oxygen atoms in total. The average Bonchev–Trinajstić information content (AvgIpc) is 3.05. The number of nitrogens with zero attached hydrogens (tertiary/aromatic N) is 3. The predicted molar refractivity (Wildman–Crippen MR) is 91.3 cm³/mol. The third kappa shape index (κ3) is 2.82. The molecule has 1 fully saturated rings. The van der Waals surface area contributed by atoms with E-state index in [-0.39, 0.29) is 13.1 Å². The smallest absolute Gasteiger partial charge is 0.298 e. The Morgan fingerprint density at radius 2 is 1.58 bits per heavy atom. The highest BCUT2D eigenvalue weighted by Crippen LogP contribution is 2.26. The molecule has 2 aromatic carbocycles. The molecular formula is C17H15F2N3O3S. The lowest BCUT2D eigenvalue weighted by atomic mass is 10.3. The van der Waals surface area contributed by atoms with E-state index >= 15 is 0 Å². The number of benzene rings is 2. The number of oxazole rings is 1. The van der Waals surface area contributed by atoms with E-state index in [1.807, 2.05) is 23.1 Å². The van der Waals surface area contributed by atoms with Gasteiger partial charge in [0.2, 0.25) is 10.0 Å². The number of halogens is 2. The standard InChI is InChI=1S/C17H15F2N3O3S/c18-12-4-3-5-13(19)16(12)26(23,24)22-10-8-21(9-11-22)17-20-14-6-1-2-7-15(14)25-17/h1-7H,8-11H2. The third-order valence-electron chi connectivity index (χ3n) is 4.31. The molecule has 2 heterocycles. The van der Waals surface area contributed by atoms with Crippen molar-refractivity contribution in [1.29, 1.82) is 0 Å². The molecule has 1 saturated heterocycles. The first-order chi connectivity index (χ1) is 12.5. The summed E-state index contributed by atoms with van der Waals surface area (Å²) in [7, 11) is -4.25. The maximum Gasteiger partial charge on any atom is 0.298 e. The first kappa shape index (κ1) is 16.9. The fraction of sp³-hybridized carbons (Fsp3) is 0.235. The molecule has 0 unspecified atom stereocenters. The number of aromatic nitrogens is 1. The van der Waals surface area contributed by atoms with Crippen molar-refractivity contribution >= 4 is 27.1 Å². The van der Waals surface area contributed by atoms with E-state index in [0.717, 1.165) is 22.5 Å². The van der Waals surface area contributed by atoms with Gasteiger partial charge in [0.05, 0.1) is 0 Å². The molecule has 136 valence electrons. The Morgan fingerprint density at radius 1 is 0.923 bits per heavy atom. The van der Waals surface area contributed by atoms with Gasteiger partial charge in [0.25, 0.3) is 6.01 Å². The first-order valence-corrected chi connectivity index (χ1v) is 9.45. The van der Waals surface area contributed by atoms with Crippen molar-refractivity contribution in [3.8, 4) is 0 Å². The second kappa shape index (κ2) is 6.33. The van der Waals surface area contributed by atoms with Gasteiger partial charge in [0.15, 0.2) is 10.5 Å². The van der Waals surface area contributed by atoms with Crippen LogP contribution in [0.1, 0.15) is 0 Å². The molecule has 1 aliphatic rings. The van der Waals surface area contributed by atoms with Crippen molar-refractivity contribution in [3.05, 3.63) is 54.1 Å². The SMILES string of the molecule is O=S(=O)(c1c(F)cccc1F)N1CCN(c2nc3ccccc3o2)CC1. The summed E-state index contributed by atoms with van der Waals surface area (Å²) in [6.45, 7) is 0.772.